The molecule has 1 aliphatic rings. The van der Waals surface area contributed by atoms with Crippen molar-refractivity contribution in [1.82, 2.24) is 34.6 Å². The third-order valence-corrected chi connectivity index (χ3v) is 5.33. The van der Waals surface area contributed by atoms with Gasteiger partial charge in [0.05, 0.1) is 23.4 Å². The number of benzene rings is 1. The normalized spacial score (nSPS) is 17.1. The quantitative estimate of drug-likeness (QED) is 0.567. The van der Waals surface area contributed by atoms with Crippen molar-refractivity contribution in [2.24, 2.45) is 0 Å². The molecule has 29 heavy (non-hydrogen) atoms. The molecule has 1 atom stereocenters. The molecule has 3 aromatic heterocycles. The summed E-state index contributed by atoms with van der Waals surface area (Å²) in [7, 11) is 0. The van der Waals surface area contributed by atoms with Gasteiger partial charge >= 0.3 is 0 Å². The molecule has 0 radical (unpaired) electrons. The standard InChI is InChI=1S/C21H20FN7/c22-16-3-1-15(2-4-16)20-21(19-6-8-23-13-24-19)29(14-25-20)18-7-10-28(12-18)11-17-5-9-26-27-17/h1-6,8-9,13-14,18H,7,10-12H2,(H,26,27). The predicted molar refractivity (Wildman–Crippen MR) is 106 cm³/mol. The van der Waals surface area contributed by atoms with E-state index in [2.05, 4.69) is 34.6 Å². The average Bonchev–Trinajstić information content (AvgIpc) is 3.50. The number of aromatic amines is 1. The average molecular weight is 389 g/mol. The van der Waals surface area contributed by atoms with Gasteiger partial charge in [0, 0.05) is 49.3 Å². The highest BCUT2D eigenvalue weighted by molar-refractivity contribution is 5.76. The van der Waals surface area contributed by atoms with Crippen LogP contribution in [0.3, 0.4) is 0 Å². The molecule has 0 amide bonds. The number of hydrogen-bond donors (Lipinski definition) is 1. The minimum absolute atomic E-state index is 0.262. The second-order valence-electron chi connectivity index (χ2n) is 7.21. The molecule has 1 aliphatic heterocycles. The van der Waals surface area contributed by atoms with E-state index in [0.29, 0.717) is 0 Å². The largest absolute Gasteiger partial charge is 0.324 e. The highest BCUT2D eigenvalue weighted by Gasteiger charge is 2.28. The van der Waals surface area contributed by atoms with Crippen molar-refractivity contribution in [3.63, 3.8) is 0 Å². The number of aromatic nitrogens is 6. The van der Waals surface area contributed by atoms with Crippen LogP contribution in [0.25, 0.3) is 22.6 Å². The number of nitrogens with zero attached hydrogens (tertiary/aromatic N) is 6. The van der Waals surface area contributed by atoms with Crippen molar-refractivity contribution in [2.45, 2.75) is 19.0 Å². The van der Waals surface area contributed by atoms with E-state index in [1.165, 1.54) is 12.1 Å². The third kappa shape index (κ3) is 3.54. The van der Waals surface area contributed by atoms with Gasteiger partial charge < -0.3 is 4.57 Å². The van der Waals surface area contributed by atoms with Gasteiger partial charge in [-0.15, -0.1) is 0 Å². The second-order valence-corrected chi connectivity index (χ2v) is 7.21. The first-order chi connectivity index (χ1) is 14.3. The molecule has 1 fully saturated rings. The van der Waals surface area contributed by atoms with Crippen LogP contribution in [0.15, 0.2) is 61.4 Å². The number of imidazole rings is 1. The third-order valence-electron chi connectivity index (χ3n) is 5.33. The maximum absolute atomic E-state index is 13.4. The van der Waals surface area contributed by atoms with Crippen molar-refractivity contribution in [1.29, 1.82) is 0 Å². The summed E-state index contributed by atoms with van der Waals surface area (Å²) in [6.07, 6.45) is 7.94. The smallest absolute Gasteiger partial charge is 0.123 e. The number of likely N-dealkylation sites (tertiary alicyclic amines) is 1. The molecule has 4 heterocycles. The van der Waals surface area contributed by atoms with E-state index in [9.17, 15) is 4.39 Å². The summed E-state index contributed by atoms with van der Waals surface area (Å²) in [6, 6.07) is 10.6. The Labute approximate surface area is 167 Å². The Hall–Kier alpha value is -3.39. The van der Waals surface area contributed by atoms with Crippen LogP contribution in [0.2, 0.25) is 0 Å². The fraction of sp³-hybridized carbons (Fsp3) is 0.238. The Bertz CT molecular complexity index is 1070. The molecule has 1 aromatic carbocycles. The molecule has 146 valence electrons. The van der Waals surface area contributed by atoms with Crippen LogP contribution in [-0.4, -0.2) is 47.7 Å². The lowest BCUT2D eigenvalue weighted by Gasteiger charge is -2.18. The summed E-state index contributed by atoms with van der Waals surface area (Å²) in [6.45, 7) is 2.76. The SMILES string of the molecule is Fc1ccc(-c2ncn(C3CCN(Cc4ccn[nH]4)C3)c2-c2ccncn2)cc1. The fourth-order valence-electron chi connectivity index (χ4n) is 3.94. The van der Waals surface area contributed by atoms with E-state index in [-0.39, 0.29) is 11.9 Å². The molecule has 1 unspecified atom stereocenters. The van der Waals surface area contributed by atoms with Crippen LogP contribution in [0.4, 0.5) is 4.39 Å². The van der Waals surface area contributed by atoms with Gasteiger partial charge in [0.1, 0.15) is 12.1 Å². The Morgan fingerprint density at radius 3 is 2.72 bits per heavy atom. The van der Waals surface area contributed by atoms with E-state index in [0.717, 1.165) is 54.4 Å². The van der Waals surface area contributed by atoms with Crippen molar-refractivity contribution < 1.29 is 4.39 Å². The lowest BCUT2D eigenvalue weighted by Crippen LogP contribution is -2.21. The molecule has 1 saturated heterocycles. The van der Waals surface area contributed by atoms with Gasteiger partial charge in [-0.2, -0.15) is 5.10 Å². The van der Waals surface area contributed by atoms with E-state index >= 15 is 0 Å². The lowest BCUT2D eigenvalue weighted by molar-refractivity contribution is 0.312. The maximum Gasteiger partial charge on any atom is 0.123 e. The Balaban J connectivity index is 1.49. The van der Waals surface area contributed by atoms with Crippen LogP contribution in [0.1, 0.15) is 18.2 Å². The monoisotopic (exact) mass is 389 g/mol. The van der Waals surface area contributed by atoms with Crippen LogP contribution in [0.5, 0.6) is 0 Å². The molecular weight excluding hydrogens is 369 g/mol. The maximum atomic E-state index is 13.4. The van der Waals surface area contributed by atoms with Crippen molar-refractivity contribution in [2.75, 3.05) is 13.1 Å². The van der Waals surface area contributed by atoms with Gasteiger partial charge in [-0.25, -0.2) is 19.3 Å². The summed E-state index contributed by atoms with van der Waals surface area (Å²) >= 11 is 0. The first-order valence-electron chi connectivity index (χ1n) is 9.57. The highest BCUT2D eigenvalue weighted by atomic mass is 19.1. The first kappa shape index (κ1) is 17.7. The predicted octanol–water partition coefficient (Wildman–Crippen LogP) is 3.32. The molecule has 4 aromatic rings. The summed E-state index contributed by atoms with van der Waals surface area (Å²) in [5.74, 6) is -0.262. The van der Waals surface area contributed by atoms with E-state index < -0.39 is 0 Å². The molecule has 0 saturated carbocycles. The van der Waals surface area contributed by atoms with Gasteiger partial charge in [-0.1, -0.05) is 0 Å². The zero-order chi connectivity index (χ0) is 19.6. The van der Waals surface area contributed by atoms with Crippen molar-refractivity contribution >= 4 is 0 Å². The number of hydrogen-bond acceptors (Lipinski definition) is 5. The summed E-state index contributed by atoms with van der Waals surface area (Å²) in [4.78, 5) is 15.6. The zero-order valence-corrected chi connectivity index (χ0v) is 15.7. The highest BCUT2D eigenvalue weighted by Crippen LogP contribution is 2.35. The summed E-state index contributed by atoms with van der Waals surface area (Å²) < 4.78 is 15.6. The number of halogens is 1. The molecule has 1 N–H and O–H groups in total. The van der Waals surface area contributed by atoms with E-state index in [1.807, 2.05) is 18.5 Å². The summed E-state index contributed by atoms with van der Waals surface area (Å²) in [5, 5.41) is 7.06. The Morgan fingerprint density at radius 1 is 1.07 bits per heavy atom. The lowest BCUT2D eigenvalue weighted by atomic mass is 10.1. The molecule has 0 bridgehead atoms. The Kier molecular flexibility index (Phi) is 4.61. The van der Waals surface area contributed by atoms with Crippen molar-refractivity contribution in [3.05, 3.63) is 73.0 Å². The first-order valence-corrected chi connectivity index (χ1v) is 9.57. The number of nitrogens with one attached hydrogen (secondary N) is 1. The van der Waals surface area contributed by atoms with Crippen LogP contribution < -0.4 is 0 Å². The van der Waals surface area contributed by atoms with Crippen LogP contribution >= 0.6 is 0 Å². The van der Waals surface area contributed by atoms with Gasteiger partial charge in [0.15, 0.2) is 0 Å². The molecule has 0 spiro atoms. The van der Waals surface area contributed by atoms with E-state index in [1.54, 1.807) is 30.9 Å². The van der Waals surface area contributed by atoms with Gasteiger partial charge in [0.25, 0.3) is 0 Å². The van der Waals surface area contributed by atoms with Gasteiger partial charge in [-0.05, 0) is 42.8 Å². The molecule has 0 aliphatic carbocycles. The van der Waals surface area contributed by atoms with Gasteiger partial charge in [-0.3, -0.25) is 10.00 Å². The zero-order valence-electron chi connectivity index (χ0n) is 15.7. The molecule has 5 rings (SSSR count). The Morgan fingerprint density at radius 2 is 1.97 bits per heavy atom. The summed E-state index contributed by atoms with van der Waals surface area (Å²) in [5.41, 5.74) is 4.53. The minimum atomic E-state index is -0.262. The molecular formula is C21H20FN7. The topological polar surface area (TPSA) is 75.5 Å². The number of rotatable bonds is 5. The fourth-order valence-corrected chi connectivity index (χ4v) is 3.94. The van der Waals surface area contributed by atoms with Crippen molar-refractivity contribution in [3.8, 4) is 22.6 Å². The van der Waals surface area contributed by atoms with Crippen LogP contribution in [0, 0.1) is 5.82 Å². The second kappa shape index (κ2) is 7.56. The van der Waals surface area contributed by atoms with Crippen LogP contribution in [-0.2, 0) is 6.54 Å². The molecule has 8 heteroatoms. The van der Waals surface area contributed by atoms with Gasteiger partial charge in [0.2, 0.25) is 0 Å². The van der Waals surface area contributed by atoms with E-state index in [4.69, 9.17) is 0 Å². The minimum Gasteiger partial charge on any atom is -0.324 e. The molecule has 7 nitrogen and oxygen atoms in total. The number of H-pyrrole nitrogens is 1.